The van der Waals surface area contributed by atoms with Gasteiger partial charge in [-0.15, -0.1) is 0 Å². The van der Waals surface area contributed by atoms with E-state index < -0.39 is 17.5 Å². The molecule has 1 spiro atoms. The zero-order valence-corrected chi connectivity index (χ0v) is 15.7. The topological polar surface area (TPSA) is 109 Å². The lowest BCUT2D eigenvalue weighted by atomic mass is 9.86. The molecule has 2 N–H and O–H groups in total. The summed E-state index contributed by atoms with van der Waals surface area (Å²) in [4.78, 5) is 41.1. The fourth-order valence-electron chi connectivity index (χ4n) is 3.73. The van der Waals surface area contributed by atoms with Gasteiger partial charge in [-0.1, -0.05) is 0 Å². The van der Waals surface area contributed by atoms with Crippen LogP contribution in [-0.4, -0.2) is 82.9 Å². The van der Waals surface area contributed by atoms with Crippen molar-refractivity contribution in [2.75, 3.05) is 45.2 Å². The Kier molecular flexibility index (Phi) is 5.76. The monoisotopic (exact) mass is 378 g/mol. The second-order valence-electron chi connectivity index (χ2n) is 6.88. The molecule has 2 saturated heterocycles. The highest BCUT2D eigenvalue weighted by molar-refractivity contribution is 6.10. The average Bonchev–Trinajstić information content (AvgIpc) is 3.13. The highest BCUT2D eigenvalue weighted by Gasteiger charge is 2.57. The maximum Gasteiger partial charge on any atom is 0.328 e. The van der Waals surface area contributed by atoms with Gasteiger partial charge in [-0.3, -0.25) is 19.2 Å². The standard InChI is InChI=1S/C17H26N6O4/c1-21-10-4-13(20-21)19-14(24)12-22-15(25)17(5-7-18-8-6-17)23(16(22)26)9-3-11-27-2/h4,10,18H,3,5-9,11-12H2,1-2H3,(H,19,20,24). The second-order valence-corrected chi connectivity index (χ2v) is 6.88. The molecule has 2 aliphatic heterocycles. The number of methoxy groups -OCH3 is 1. The van der Waals surface area contributed by atoms with Crippen molar-refractivity contribution in [3.63, 3.8) is 0 Å². The maximum absolute atomic E-state index is 13.1. The molecular weight excluding hydrogens is 352 g/mol. The van der Waals surface area contributed by atoms with Gasteiger partial charge >= 0.3 is 6.03 Å². The van der Waals surface area contributed by atoms with E-state index >= 15 is 0 Å². The fraction of sp³-hybridized carbons (Fsp3) is 0.647. The van der Waals surface area contributed by atoms with Crippen molar-refractivity contribution in [3.05, 3.63) is 12.3 Å². The summed E-state index contributed by atoms with van der Waals surface area (Å²) in [6, 6.07) is 1.24. The van der Waals surface area contributed by atoms with Crippen molar-refractivity contribution in [1.29, 1.82) is 0 Å². The first-order chi connectivity index (χ1) is 13.0. The minimum atomic E-state index is -0.860. The number of piperidine rings is 1. The van der Waals surface area contributed by atoms with Crippen molar-refractivity contribution in [1.82, 2.24) is 24.9 Å². The maximum atomic E-state index is 13.1. The van der Waals surface area contributed by atoms with Gasteiger partial charge in [0.05, 0.1) is 0 Å². The van der Waals surface area contributed by atoms with Gasteiger partial charge < -0.3 is 20.3 Å². The van der Waals surface area contributed by atoms with Crippen molar-refractivity contribution in [2.24, 2.45) is 7.05 Å². The number of nitrogens with one attached hydrogen (secondary N) is 2. The van der Waals surface area contributed by atoms with Gasteiger partial charge in [0.25, 0.3) is 5.91 Å². The average molecular weight is 378 g/mol. The number of carbonyl (C=O) groups excluding carboxylic acids is 3. The predicted octanol–water partition coefficient (Wildman–Crippen LogP) is -0.218. The molecule has 27 heavy (non-hydrogen) atoms. The summed E-state index contributed by atoms with van der Waals surface area (Å²) in [5.41, 5.74) is -0.860. The number of amides is 4. The van der Waals surface area contributed by atoms with Gasteiger partial charge in [0.15, 0.2) is 5.82 Å². The molecule has 1 aromatic rings. The Bertz CT molecular complexity index is 712. The van der Waals surface area contributed by atoms with Crippen LogP contribution in [0.4, 0.5) is 10.6 Å². The lowest BCUT2D eigenvalue weighted by Crippen LogP contribution is -2.56. The molecule has 0 saturated carbocycles. The summed E-state index contributed by atoms with van der Waals surface area (Å²) in [5, 5.41) is 9.92. The quantitative estimate of drug-likeness (QED) is 0.502. The van der Waals surface area contributed by atoms with Crippen LogP contribution in [0.2, 0.25) is 0 Å². The van der Waals surface area contributed by atoms with E-state index in [4.69, 9.17) is 4.74 Å². The number of rotatable bonds is 7. The minimum Gasteiger partial charge on any atom is -0.385 e. The molecule has 2 aliphatic rings. The molecule has 0 radical (unpaired) electrons. The molecule has 148 valence electrons. The third-order valence-corrected chi connectivity index (χ3v) is 5.07. The SMILES string of the molecule is COCCCN1C(=O)N(CC(=O)Nc2ccn(C)n2)C(=O)C12CCNCC2. The summed E-state index contributed by atoms with van der Waals surface area (Å²) in [5.74, 6) is -0.351. The molecule has 0 aliphatic carbocycles. The molecule has 1 aromatic heterocycles. The molecule has 0 atom stereocenters. The van der Waals surface area contributed by atoms with Gasteiger partial charge in [0, 0.05) is 39.6 Å². The van der Waals surface area contributed by atoms with Crippen LogP contribution in [0.3, 0.4) is 0 Å². The van der Waals surface area contributed by atoms with Gasteiger partial charge in [0.1, 0.15) is 12.1 Å². The third-order valence-electron chi connectivity index (χ3n) is 5.07. The van der Waals surface area contributed by atoms with Crippen LogP contribution in [0.5, 0.6) is 0 Å². The lowest BCUT2D eigenvalue weighted by molar-refractivity contribution is -0.136. The molecule has 2 fully saturated rings. The number of aromatic nitrogens is 2. The summed E-state index contributed by atoms with van der Waals surface area (Å²) < 4.78 is 6.64. The summed E-state index contributed by atoms with van der Waals surface area (Å²) >= 11 is 0. The smallest absolute Gasteiger partial charge is 0.328 e. The largest absolute Gasteiger partial charge is 0.385 e. The highest BCUT2D eigenvalue weighted by Crippen LogP contribution is 2.35. The first-order valence-corrected chi connectivity index (χ1v) is 9.10. The van der Waals surface area contributed by atoms with Crippen LogP contribution >= 0.6 is 0 Å². The van der Waals surface area contributed by atoms with E-state index in [0.717, 1.165) is 4.90 Å². The zero-order chi connectivity index (χ0) is 19.4. The molecular formula is C17H26N6O4. The van der Waals surface area contributed by atoms with E-state index in [9.17, 15) is 14.4 Å². The fourth-order valence-corrected chi connectivity index (χ4v) is 3.73. The molecule has 10 heteroatoms. The Morgan fingerprint density at radius 3 is 2.74 bits per heavy atom. The number of nitrogens with zero attached hydrogens (tertiary/aromatic N) is 4. The predicted molar refractivity (Wildman–Crippen MR) is 97.0 cm³/mol. The van der Waals surface area contributed by atoms with Gasteiger partial charge in [-0.2, -0.15) is 5.10 Å². The Morgan fingerprint density at radius 2 is 2.11 bits per heavy atom. The van der Waals surface area contributed by atoms with Crippen molar-refractivity contribution in [3.8, 4) is 0 Å². The number of ether oxygens (including phenoxy) is 1. The van der Waals surface area contributed by atoms with Gasteiger partial charge in [0.2, 0.25) is 5.91 Å². The minimum absolute atomic E-state index is 0.289. The Labute approximate surface area is 157 Å². The van der Waals surface area contributed by atoms with E-state index in [1.54, 1.807) is 36.0 Å². The van der Waals surface area contributed by atoms with E-state index in [2.05, 4.69) is 15.7 Å². The van der Waals surface area contributed by atoms with Crippen LogP contribution in [-0.2, 0) is 21.4 Å². The number of carbonyl (C=O) groups is 3. The van der Waals surface area contributed by atoms with E-state index in [1.807, 2.05) is 0 Å². The third kappa shape index (κ3) is 3.81. The van der Waals surface area contributed by atoms with Crippen molar-refractivity contribution >= 4 is 23.7 Å². The van der Waals surface area contributed by atoms with Crippen LogP contribution in [0.1, 0.15) is 19.3 Å². The first-order valence-electron chi connectivity index (χ1n) is 9.10. The molecule has 3 rings (SSSR count). The lowest BCUT2D eigenvalue weighted by Gasteiger charge is -2.38. The highest BCUT2D eigenvalue weighted by atomic mass is 16.5. The number of hydrogen-bond acceptors (Lipinski definition) is 6. The van der Waals surface area contributed by atoms with E-state index in [0.29, 0.717) is 51.3 Å². The molecule has 4 amide bonds. The van der Waals surface area contributed by atoms with Gasteiger partial charge in [-0.05, 0) is 32.4 Å². The number of hydrogen-bond donors (Lipinski definition) is 2. The normalized spacial score (nSPS) is 19.2. The van der Waals surface area contributed by atoms with Crippen LogP contribution < -0.4 is 10.6 Å². The van der Waals surface area contributed by atoms with Crippen LogP contribution in [0, 0.1) is 0 Å². The Balaban J connectivity index is 1.73. The number of imide groups is 1. The number of urea groups is 1. The Morgan fingerprint density at radius 1 is 1.37 bits per heavy atom. The summed E-state index contributed by atoms with van der Waals surface area (Å²) in [7, 11) is 3.34. The molecule has 10 nitrogen and oxygen atoms in total. The molecule has 3 heterocycles. The first kappa shape index (κ1) is 19.3. The molecule has 0 unspecified atom stereocenters. The number of anilines is 1. The van der Waals surface area contributed by atoms with Crippen LogP contribution in [0.25, 0.3) is 0 Å². The molecule has 0 aromatic carbocycles. The summed E-state index contributed by atoms with van der Waals surface area (Å²) in [6.07, 6.45) is 3.42. The second kappa shape index (κ2) is 8.05. The number of aryl methyl sites for hydroxylation is 1. The van der Waals surface area contributed by atoms with E-state index in [-0.39, 0.29) is 12.5 Å². The van der Waals surface area contributed by atoms with Crippen molar-refractivity contribution < 1.29 is 19.1 Å². The molecule has 0 bridgehead atoms. The zero-order valence-electron chi connectivity index (χ0n) is 15.7. The summed E-state index contributed by atoms with van der Waals surface area (Å²) in [6.45, 7) is 1.94. The van der Waals surface area contributed by atoms with Crippen LogP contribution in [0.15, 0.2) is 12.3 Å². The van der Waals surface area contributed by atoms with Crippen molar-refractivity contribution in [2.45, 2.75) is 24.8 Å². The van der Waals surface area contributed by atoms with Gasteiger partial charge in [-0.25, -0.2) is 4.79 Å². The Hall–Kier alpha value is -2.46. The van der Waals surface area contributed by atoms with E-state index in [1.165, 1.54) is 0 Å².